The predicted molar refractivity (Wildman–Crippen MR) is 180 cm³/mol. The number of allylic oxidation sites excluding steroid dienone is 2. The highest BCUT2D eigenvalue weighted by atomic mass is 16.7. The monoisotopic (exact) mass is 644 g/mol. The minimum Gasteiger partial charge on any atom is -0.394 e. The lowest BCUT2D eigenvalue weighted by atomic mass is 9.99. The van der Waals surface area contributed by atoms with E-state index in [1.807, 2.05) is 0 Å². The second-order valence-corrected chi connectivity index (χ2v) is 13.0. The minimum atomic E-state index is -1.55. The van der Waals surface area contributed by atoms with E-state index in [0.29, 0.717) is 12.8 Å². The van der Waals surface area contributed by atoms with Crippen LogP contribution in [-0.4, -0.2) is 87.5 Å². The van der Waals surface area contributed by atoms with Crippen LogP contribution >= 0.6 is 0 Å². The second-order valence-electron chi connectivity index (χ2n) is 13.0. The van der Waals surface area contributed by atoms with E-state index in [1.165, 1.54) is 77.0 Å². The number of ether oxygens (including phenoxy) is 2. The quantitative estimate of drug-likeness (QED) is 0.0441. The number of aliphatic hydroxyl groups excluding tert-OH is 5. The third-order valence-electron chi connectivity index (χ3n) is 8.87. The molecule has 7 unspecified atom stereocenters. The molecule has 0 spiro atoms. The molecule has 9 nitrogen and oxygen atoms in total. The van der Waals surface area contributed by atoms with Crippen LogP contribution in [0.5, 0.6) is 0 Å². The zero-order valence-corrected chi connectivity index (χ0v) is 28.6. The number of carbonyl (C=O) groups is 1. The molecule has 1 rings (SSSR count). The van der Waals surface area contributed by atoms with Gasteiger partial charge in [0.25, 0.3) is 0 Å². The van der Waals surface area contributed by atoms with E-state index in [-0.39, 0.29) is 12.5 Å². The van der Waals surface area contributed by atoms with Crippen LogP contribution in [0.25, 0.3) is 0 Å². The standard InChI is InChI=1S/C36H69NO8/c1-3-5-7-9-10-11-12-13-14-15-16-17-18-19-20-22-24-26-32(40)37-29(30(39)25-23-21-8-6-4-2)28-44-36-35(43)34(42)33(41)31(27-38)45-36/h13-14,29-31,33-36,38-39,41-43H,3-12,15-28H2,1-2H3,(H,37,40)/b14-13-. The van der Waals surface area contributed by atoms with E-state index in [9.17, 15) is 30.3 Å². The maximum Gasteiger partial charge on any atom is 0.220 e. The Labute approximate surface area is 274 Å². The molecule has 0 saturated carbocycles. The lowest BCUT2D eigenvalue weighted by Gasteiger charge is -2.40. The molecule has 45 heavy (non-hydrogen) atoms. The maximum atomic E-state index is 12.8. The van der Waals surface area contributed by atoms with Crippen molar-refractivity contribution in [3.05, 3.63) is 12.2 Å². The van der Waals surface area contributed by atoms with Gasteiger partial charge in [0.1, 0.15) is 24.4 Å². The highest BCUT2D eigenvalue weighted by Gasteiger charge is 2.44. The molecule has 266 valence electrons. The Kier molecular flexibility index (Phi) is 26.1. The molecule has 0 radical (unpaired) electrons. The molecule has 7 atom stereocenters. The third kappa shape index (κ3) is 20.0. The summed E-state index contributed by atoms with van der Waals surface area (Å²) in [6, 6.07) is -0.712. The Morgan fingerprint density at radius 1 is 0.733 bits per heavy atom. The van der Waals surface area contributed by atoms with Gasteiger partial charge >= 0.3 is 0 Å². The van der Waals surface area contributed by atoms with Crippen molar-refractivity contribution in [2.24, 2.45) is 0 Å². The minimum absolute atomic E-state index is 0.140. The molecule has 0 aromatic rings. The van der Waals surface area contributed by atoms with Crippen molar-refractivity contribution < 1.29 is 39.8 Å². The lowest BCUT2D eigenvalue weighted by molar-refractivity contribution is -0.302. The van der Waals surface area contributed by atoms with Crippen LogP contribution in [0.1, 0.15) is 155 Å². The number of carbonyl (C=O) groups excluding carboxylic acids is 1. The first-order valence-corrected chi connectivity index (χ1v) is 18.4. The SMILES string of the molecule is CCCCCCCC/C=C\CCCCCCCCCC(=O)NC(COC1OC(CO)C(O)C(O)C1O)C(O)CCCCCCC. The van der Waals surface area contributed by atoms with Gasteiger partial charge in [0.15, 0.2) is 6.29 Å². The largest absolute Gasteiger partial charge is 0.394 e. The number of nitrogens with one attached hydrogen (secondary N) is 1. The molecular formula is C36H69NO8. The fourth-order valence-electron chi connectivity index (χ4n) is 5.80. The molecule has 0 bridgehead atoms. The molecule has 6 N–H and O–H groups in total. The van der Waals surface area contributed by atoms with Crippen molar-refractivity contribution in [3.63, 3.8) is 0 Å². The molecule has 1 aliphatic rings. The molecular weight excluding hydrogens is 574 g/mol. The molecule has 0 aliphatic carbocycles. The van der Waals surface area contributed by atoms with Gasteiger partial charge in [-0.3, -0.25) is 4.79 Å². The van der Waals surface area contributed by atoms with Gasteiger partial charge in [0.05, 0.1) is 25.4 Å². The average Bonchev–Trinajstić information content (AvgIpc) is 3.03. The summed E-state index contributed by atoms with van der Waals surface area (Å²) in [6.07, 6.45) is 21.2. The van der Waals surface area contributed by atoms with Crippen molar-refractivity contribution in [1.82, 2.24) is 5.32 Å². The predicted octanol–water partition coefficient (Wildman–Crippen LogP) is 5.83. The topological polar surface area (TPSA) is 149 Å². The van der Waals surface area contributed by atoms with Crippen molar-refractivity contribution in [1.29, 1.82) is 0 Å². The molecule has 0 aromatic carbocycles. The zero-order valence-electron chi connectivity index (χ0n) is 28.6. The van der Waals surface area contributed by atoms with Crippen LogP contribution in [-0.2, 0) is 14.3 Å². The second kappa shape index (κ2) is 28.0. The summed E-state index contributed by atoms with van der Waals surface area (Å²) in [6.45, 7) is 3.71. The van der Waals surface area contributed by atoms with E-state index in [4.69, 9.17) is 9.47 Å². The summed E-state index contributed by atoms with van der Waals surface area (Å²) in [5.41, 5.74) is 0. The Morgan fingerprint density at radius 2 is 1.24 bits per heavy atom. The van der Waals surface area contributed by atoms with Gasteiger partial charge < -0.3 is 40.3 Å². The Balaban J connectivity index is 2.31. The van der Waals surface area contributed by atoms with Crippen molar-refractivity contribution in [3.8, 4) is 0 Å². The lowest BCUT2D eigenvalue weighted by Crippen LogP contribution is -2.60. The van der Waals surface area contributed by atoms with Crippen molar-refractivity contribution in [2.75, 3.05) is 13.2 Å². The van der Waals surface area contributed by atoms with Gasteiger partial charge in [-0.2, -0.15) is 0 Å². The van der Waals surface area contributed by atoms with Gasteiger partial charge in [-0.05, 0) is 38.5 Å². The van der Waals surface area contributed by atoms with E-state index in [1.54, 1.807) is 0 Å². The van der Waals surface area contributed by atoms with Gasteiger partial charge in [0.2, 0.25) is 5.91 Å². The van der Waals surface area contributed by atoms with E-state index in [0.717, 1.165) is 51.4 Å². The molecule has 1 amide bonds. The van der Waals surface area contributed by atoms with Gasteiger partial charge in [0, 0.05) is 6.42 Å². The number of rotatable bonds is 29. The molecule has 9 heteroatoms. The molecule has 0 aromatic heterocycles. The Morgan fingerprint density at radius 3 is 1.80 bits per heavy atom. The number of unbranched alkanes of at least 4 members (excludes halogenated alkanes) is 17. The first kappa shape index (κ1) is 42.0. The molecule has 1 fully saturated rings. The highest BCUT2D eigenvalue weighted by molar-refractivity contribution is 5.76. The summed E-state index contributed by atoms with van der Waals surface area (Å²) in [7, 11) is 0. The third-order valence-corrected chi connectivity index (χ3v) is 8.87. The summed E-state index contributed by atoms with van der Waals surface area (Å²) in [5.74, 6) is -0.157. The molecule has 1 saturated heterocycles. The fourth-order valence-corrected chi connectivity index (χ4v) is 5.80. The summed E-state index contributed by atoms with van der Waals surface area (Å²) in [5, 5.41) is 53.6. The number of amides is 1. The molecule has 1 heterocycles. The smallest absolute Gasteiger partial charge is 0.220 e. The van der Waals surface area contributed by atoms with Crippen LogP contribution < -0.4 is 5.32 Å². The number of aliphatic hydroxyl groups is 5. The number of hydrogen-bond donors (Lipinski definition) is 6. The van der Waals surface area contributed by atoms with Crippen LogP contribution in [0, 0.1) is 0 Å². The van der Waals surface area contributed by atoms with Crippen LogP contribution in [0.3, 0.4) is 0 Å². The average molecular weight is 644 g/mol. The Hall–Kier alpha value is -1.07. The maximum absolute atomic E-state index is 12.8. The zero-order chi connectivity index (χ0) is 33.1. The van der Waals surface area contributed by atoms with E-state index < -0.39 is 49.5 Å². The first-order chi connectivity index (χ1) is 21.8. The van der Waals surface area contributed by atoms with Gasteiger partial charge in [-0.15, -0.1) is 0 Å². The van der Waals surface area contributed by atoms with Crippen LogP contribution in [0.4, 0.5) is 0 Å². The molecule has 1 aliphatic heterocycles. The summed E-state index contributed by atoms with van der Waals surface area (Å²) >= 11 is 0. The normalized spacial score (nSPS) is 23.4. The van der Waals surface area contributed by atoms with Gasteiger partial charge in [-0.25, -0.2) is 0 Å². The first-order valence-electron chi connectivity index (χ1n) is 18.4. The van der Waals surface area contributed by atoms with E-state index in [2.05, 4.69) is 31.3 Å². The van der Waals surface area contributed by atoms with Gasteiger partial charge in [-0.1, -0.05) is 122 Å². The van der Waals surface area contributed by atoms with Crippen molar-refractivity contribution >= 4 is 5.91 Å². The van der Waals surface area contributed by atoms with Crippen LogP contribution in [0.15, 0.2) is 12.2 Å². The fraction of sp³-hybridized carbons (Fsp3) is 0.917. The number of hydrogen-bond acceptors (Lipinski definition) is 8. The summed E-state index contributed by atoms with van der Waals surface area (Å²) < 4.78 is 11.1. The van der Waals surface area contributed by atoms with Crippen LogP contribution in [0.2, 0.25) is 0 Å². The van der Waals surface area contributed by atoms with Crippen molar-refractivity contribution in [2.45, 2.75) is 198 Å². The Bertz CT molecular complexity index is 721. The summed E-state index contributed by atoms with van der Waals surface area (Å²) in [4.78, 5) is 12.8. The van der Waals surface area contributed by atoms with E-state index >= 15 is 0 Å². The highest BCUT2D eigenvalue weighted by Crippen LogP contribution is 2.23.